The molecular weight excluding hydrogens is 268 g/mol. The standard InChI is InChI=1S/C16H22N2O3/c1-20-14-5-3-4-13(15(14)21-2)16(19)18-7-6-11-8-17-9-12(11)10-18/h3-5,11-12,17H,6-10H2,1-2H3. The summed E-state index contributed by atoms with van der Waals surface area (Å²) in [5, 5.41) is 3.42. The van der Waals surface area contributed by atoms with E-state index in [4.69, 9.17) is 9.47 Å². The molecule has 1 aromatic carbocycles. The molecular formula is C16H22N2O3. The predicted molar refractivity (Wildman–Crippen MR) is 79.9 cm³/mol. The van der Waals surface area contributed by atoms with Crippen LogP contribution in [0.25, 0.3) is 0 Å². The Morgan fingerprint density at radius 2 is 2.05 bits per heavy atom. The predicted octanol–water partition coefficient (Wildman–Crippen LogP) is 1.39. The number of para-hydroxylation sites is 1. The topological polar surface area (TPSA) is 50.8 Å². The second-order valence-corrected chi connectivity index (χ2v) is 5.76. The van der Waals surface area contributed by atoms with Crippen molar-refractivity contribution in [3.63, 3.8) is 0 Å². The molecule has 2 aliphatic heterocycles. The van der Waals surface area contributed by atoms with Crippen LogP contribution in [0.2, 0.25) is 0 Å². The Hall–Kier alpha value is -1.75. The number of fused-ring (bicyclic) bond motifs is 1. The van der Waals surface area contributed by atoms with Gasteiger partial charge in [-0.15, -0.1) is 0 Å². The monoisotopic (exact) mass is 290 g/mol. The van der Waals surface area contributed by atoms with Gasteiger partial charge >= 0.3 is 0 Å². The Morgan fingerprint density at radius 3 is 2.81 bits per heavy atom. The van der Waals surface area contributed by atoms with Crippen molar-refractivity contribution in [2.24, 2.45) is 11.8 Å². The second kappa shape index (κ2) is 5.93. The van der Waals surface area contributed by atoms with Crippen LogP contribution in [0.4, 0.5) is 0 Å². The van der Waals surface area contributed by atoms with Crippen molar-refractivity contribution in [1.82, 2.24) is 10.2 Å². The minimum Gasteiger partial charge on any atom is -0.493 e. The van der Waals surface area contributed by atoms with Crippen LogP contribution in [0.5, 0.6) is 11.5 Å². The lowest BCUT2D eigenvalue weighted by atomic mass is 9.88. The molecule has 3 rings (SSSR count). The number of carbonyl (C=O) groups excluding carboxylic acids is 1. The minimum atomic E-state index is 0.0381. The Morgan fingerprint density at radius 1 is 1.24 bits per heavy atom. The smallest absolute Gasteiger partial charge is 0.257 e. The summed E-state index contributed by atoms with van der Waals surface area (Å²) in [7, 11) is 3.16. The van der Waals surface area contributed by atoms with E-state index in [1.54, 1.807) is 14.2 Å². The molecule has 1 amide bonds. The number of hydrogen-bond donors (Lipinski definition) is 1. The molecule has 1 aromatic rings. The number of piperidine rings is 1. The first-order valence-corrected chi connectivity index (χ1v) is 7.45. The lowest BCUT2D eigenvalue weighted by Crippen LogP contribution is -2.43. The molecule has 2 atom stereocenters. The van der Waals surface area contributed by atoms with Crippen molar-refractivity contribution >= 4 is 5.91 Å². The van der Waals surface area contributed by atoms with Crippen LogP contribution in [-0.2, 0) is 0 Å². The van der Waals surface area contributed by atoms with Crippen molar-refractivity contribution < 1.29 is 14.3 Å². The van der Waals surface area contributed by atoms with Gasteiger partial charge in [-0.1, -0.05) is 6.07 Å². The number of hydrogen-bond acceptors (Lipinski definition) is 4. The third-order valence-corrected chi connectivity index (χ3v) is 4.62. The fourth-order valence-electron chi connectivity index (χ4n) is 3.45. The van der Waals surface area contributed by atoms with Crippen LogP contribution < -0.4 is 14.8 Å². The maximum absolute atomic E-state index is 12.8. The highest BCUT2D eigenvalue weighted by molar-refractivity contribution is 5.97. The molecule has 2 heterocycles. The van der Waals surface area contributed by atoms with E-state index < -0.39 is 0 Å². The van der Waals surface area contributed by atoms with E-state index >= 15 is 0 Å². The summed E-state index contributed by atoms with van der Waals surface area (Å²) in [6, 6.07) is 5.45. The van der Waals surface area contributed by atoms with Crippen molar-refractivity contribution in [2.75, 3.05) is 40.4 Å². The van der Waals surface area contributed by atoms with Gasteiger partial charge in [-0.05, 0) is 43.5 Å². The van der Waals surface area contributed by atoms with Gasteiger partial charge in [-0.2, -0.15) is 0 Å². The lowest BCUT2D eigenvalue weighted by Gasteiger charge is -2.34. The Labute approximate surface area is 125 Å². The van der Waals surface area contributed by atoms with Gasteiger partial charge in [0.05, 0.1) is 19.8 Å². The summed E-state index contributed by atoms with van der Waals surface area (Å²) >= 11 is 0. The molecule has 114 valence electrons. The van der Waals surface area contributed by atoms with Gasteiger partial charge in [-0.3, -0.25) is 4.79 Å². The molecule has 0 saturated carbocycles. The van der Waals surface area contributed by atoms with Crippen LogP contribution in [0, 0.1) is 11.8 Å². The highest BCUT2D eigenvalue weighted by atomic mass is 16.5. The number of likely N-dealkylation sites (tertiary alicyclic amines) is 1. The third kappa shape index (κ3) is 2.58. The number of nitrogens with one attached hydrogen (secondary N) is 1. The number of carbonyl (C=O) groups is 1. The molecule has 0 radical (unpaired) electrons. The molecule has 5 heteroatoms. The van der Waals surface area contributed by atoms with Gasteiger partial charge in [0, 0.05) is 13.1 Å². The summed E-state index contributed by atoms with van der Waals surface area (Å²) in [5.74, 6) is 2.47. The SMILES string of the molecule is COc1cccc(C(=O)N2CCC3CNCC3C2)c1OC. The average Bonchev–Trinajstić information content (AvgIpc) is 3.00. The summed E-state index contributed by atoms with van der Waals surface area (Å²) in [4.78, 5) is 14.8. The van der Waals surface area contributed by atoms with Crippen molar-refractivity contribution in [3.05, 3.63) is 23.8 Å². The van der Waals surface area contributed by atoms with Gasteiger partial charge in [0.2, 0.25) is 0 Å². The number of nitrogens with zero attached hydrogens (tertiary/aromatic N) is 1. The van der Waals surface area contributed by atoms with E-state index in [0.717, 1.165) is 38.5 Å². The molecule has 21 heavy (non-hydrogen) atoms. The summed E-state index contributed by atoms with van der Waals surface area (Å²) in [6.45, 7) is 3.76. The normalized spacial score (nSPS) is 24.6. The van der Waals surface area contributed by atoms with E-state index in [1.165, 1.54) is 0 Å². The molecule has 2 unspecified atom stereocenters. The van der Waals surface area contributed by atoms with E-state index in [-0.39, 0.29) is 5.91 Å². The number of methoxy groups -OCH3 is 2. The Bertz CT molecular complexity index is 532. The molecule has 2 fully saturated rings. The zero-order chi connectivity index (χ0) is 14.8. The minimum absolute atomic E-state index is 0.0381. The van der Waals surface area contributed by atoms with E-state index in [2.05, 4.69) is 5.32 Å². The summed E-state index contributed by atoms with van der Waals surface area (Å²) in [6.07, 6.45) is 1.08. The van der Waals surface area contributed by atoms with Crippen LogP contribution in [0.1, 0.15) is 16.8 Å². The van der Waals surface area contributed by atoms with Gasteiger partial charge < -0.3 is 19.7 Å². The van der Waals surface area contributed by atoms with E-state index in [0.29, 0.717) is 23.0 Å². The van der Waals surface area contributed by atoms with Crippen LogP contribution in [0.3, 0.4) is 0 Å². The molecule has 2 saturated heterocycles. The van der Waals surface area contributed by atoms with Gasteiger partial charge in [0.15, 0.2) is 11.5 Å². The lowest BCUT2D eigenvalue weighted by molar-refractivity contribution is 0.0638. The first-order chi connectivity index (χ1) is 10.2. The van der Waals surface area contributed by atoms with Gasteiger partial charge in [-0.25, -0.2) is 0 Å². The van der Waals surface area contributed by atoms with Crippen molar-refractivity contribution in [3.8, 4) is 11.5 Å². The quantitative estimate of drug-likeness (QED) is 0.914. The third-order valence-electron chi connectivity index (χ3n) is 4.62. The average molecular weight is 290 g/mol. The molecule has 0 aromatic heterocycles. The largest absolute Gasteiger partial charge is 0.493 e. The molecule has 1 N–H and O–H groups in total. The first-order valence-electron chi connectivity index (χ1n) is 7.45. The Kier molecular flexibility index (Phi) is 4.01. The molecule has 0 bridgehead atoms. The van der Waals surface area contributed by atoms with Crippen LogP contribution in [0.15, 0.2) is 18.2 Å². The molecule has 0 aliphatic carbocycles. The summed E-state index contributed by atoms with van der Waals surface area (Å²) < 4.78 is 10.7. The summed E-state index contributed by atoms with van der Waals surface area (Å²) in [5.41, 5.74) is 0.584. The van der Waals surface area contributed by atoms with Gasteiger partial charge in [0.1, 0.15) is 0 Å². The fraction of sp³-hybridized carbons (Fsp3) is 0.562. The van der Waals surface area contributed by atoms with E-state index in [1.807, 2.05) is 23.1 Å². The Balaban J connectivity index is 1.82. The second-order valence-electron chi connectivity index (χ2n) is 5.76. The molecule has 5 nitrogen and oxygen atoms in total. The van der Waals surface area contributed by atoms with Crippen molar-refractivity contribution in [1.29, 1.82) is 0 Å². The number of ether oxygens (including phenoxy) is 2. The van der Waals surface area contributed by atoms with Crippen LogP contribution >= 0.6 is 0 Å². The number of amides is 1. The zero-order valence-electron chi connectivity index (χ0n) is 12.6. The number of benzene rings is 1. The molecule has 0 spiro atoms. The van der Waals surface area contributed by atoms with Crippen LogP contribution in [-0.4, -0.2) is 51.2 Å². The maximum Gasteiger partial charge on any atom is 0.257 e. The van der Waals surface area contributed by atoms with E-state index in [9.17, 15) is 4.79 Å². The fourth-order valence-corrected chi connectivity index (χ4v) is 3.45. The highest BCUT2D eigenvalue weighted by Gasteiger charge is 2.35. The maximum atomic E-state index is 12.8. The zero-order valence-corrected chi connectivity index (χ0v) is 12.6. The van der Waals surface area contributed by atoms with Crippen molar-refractivity contribution in [2.45, 2.75) is 6.42 Å². The van der Waals surface area contributed by atoms with Gasteiger partial charge in [0.25, 0.3) is 5.91 Å². The first kappa shape index (κ1) is 14.2. The highest BCUT2D eigenvalue weighted by Crippen LogP contribution is 2.33. The number of rotatable bonds is 3. The molecule has 2 aliphatic rings.